The van der Waals surface area contributed by atoms with Crippen molar-refractivity contribution in [1.29, 1.82) is 0 Å². The van der Waals surface area contributed by atoms with E-state index < -0.39 is 0 Å². The Balaban J connectivity index is 2.07. The van der Waals surface area contributed by atoms with E-state index in [4.69, 9.17) is 4.74 Å². The molecule has 0 spiro atoms. The van der Waals surface area contributed by atoms with Crippen molar-refractivity contribution in [2.24, 2.45) is 0 Å². The van der Waals surface area contributed by atoms with Gasteiger partial charge >= 0.3 is 0 Å². The molecule has 2 rings (SSSR count). The summed E-state index contributed by atoms with van der Waals surface area (Å²) >= 11 is 3.16. The Morgan fingerprint density at radius 1 is 1.42 bits per heavy atom. The molecule has 0 aliphatic rings. The van der Waals surface area contributed by atoms with Crippen LogP contribution in [0, 0.1) is 6.92 Å². The minimum atomic E-state index is 0.227. The molecule has 0 amide bonds. The zero-order valence-corrected chi connectivity index (χ0v) is 12.8. The fraction of sp³-hybridized carbons (Fsp3) is 0.385. The van der Waals surface area contributed by atoms with E-state index in [2.05, 4.69) is 20.7 Å². The number of aryl methyl sites for hydroxylation is 1. The lowest BCUT2D eigenvalue weighted by molar-refractivity contribution is 0.404. The molecule has 1 unspecified atom stereocenters. The summed E-state index contributed by atoms with van der Waals surface area (Å²) in [6.07, 6.45) is 0. The van der Waals surface area contributed by atoms with Crippen LogP contribution in [0.2, 0.25) is 0 Å². The summed E-state index contributed by atoms with van der Waals surface area (Å²) in [5, 5.41) is 3.33. The molecule has 0 fully saturated rings. The number of hydrogen-bond donors (Lipinski definition) is 1. The molecular weight excluding hydrogens is 278 g/mol. The normalized spacial score (nSPS) is 12.4. The monoisotopic (exact) mass is 295 g/mol. The number of nitrogens with zero attached hydrogens (tertiary/aromatic N) is 2. The minimum Gasteiger partial charge on any atom is -0.496 e. The van der Waals surface area contributed by atoms with Crippen LogP contribution in [0.4, 0.5) is 0 Å². The van der Waals surface area contributed by atoms with Gasteiger partial charge in [-0.1, -0.05) is 30.0 Å². The van der Waals surface area contributed by atoms with Crippen molar-refractivity contribution in [3.8, 4) is 5.75 Å². The van der Waals surface area contributed by atoms with Crippen LogP contribution in [0.1, 0.15) is 17.4 Å². The van der Waals surface area contributed by atoms with Crippen LogP contribution in [0.3, 0.4) is 0 Å². The number of methoxy groups -OCH3 is 1. The first-order chi connectivity index (χ1) is 9.24. The van der Waals surface area contributed by atoms with Gasteiger partial charge in [0.25, 0.3) is 0 Å². The van der Waals surface area contributed by atoms with E-state index >= 15 is 0 Å². The summed E-state index contributed by atoms with van der Waals surface area (Å²) in [7, 11) is 3.66. The Morgan fingerprint density at radius 2 is 2.21 bits per heavy atom. The molecule has 2 aromatic rings. The summed E-state index contributed by atoms with van der Waals surface area (Å²) < 4.78 is 10.6. The van der Waals surface area contributed by atoms with E-state index in [0.29, 0.717) is 0 Å². The predicted molar refractivity (Wildman–Crippen MR) is 80.2 cm³/mol. The van der Waals surface area contributed by atoms with Crippen LogP contribution in [0.15, 0.2) is 28.6 Å². The first-order valence-electron chi connectivity index (χ1n) is 5.98. The summed E-state index contributed by atoms with van der Waals surface area (Å²) in [6, 6.07) is 8.31. The Bertz CT molecular complexity index is 530. The Labute approximate surface area is 121 Å². The number of rotatable bonds is 6. The van der Waals surface area contributed by atoms with Gasteiger partial charge in [-0.2, -0.15) is 4.37 Å². The molecule has 0 radical (unpaired) electrons. The van der Waals surface area contributed by atoms with Crippen molar-refractivity contribution in [2.75, 3.05) is 19.9 Å². The second-order valence-corrected chi connectivity index (χ2v) is 6.02. The van der Waals surface area contributed by atoms with Crippen LogP contribution in [0.5, 0.6) is 5.75 Å². The Hall–Kier alpha value is -1.11. The number of benzene rings is 1. The van der Waals surface area contributed by atoms with Gasteiger partial charge in [0.15, 0.2) is 4.34 Å². The number of nitrogens with one attached hydrogen (secondary N) is 1. The van der Waals surface area contributed by atoms with Gasteiger partial charge in [-0.3, -0.25) is 0 Å². The van der Waals surface area contributed by atoms with Gasteiger partial charge in [-0.15, -0.1) is 0 Å². The zero-order valence-electron chi connectivity index (χ0n) is 11.2. The van der Waals surface area contributed by atoms with Crippen molar-refractivity contribution in [1.82, 2.24) is 14.7 Å². The highest BCUT2D eigenvalue weighted by molar-refractivity contribution is 8.00. The van der Waals surface area contributed by atoms with Gasteiger partial charge in [-0.25, -0.2) is 4.98 Å². The number of aromatic nitrogens is 2. The zero-order chi connectivity index (χ0) is 13.7. The van der Waals surface area contributed by atoms with Crippen molar-refractivity contribution in [3.05, 3.63) is 35.7 Å². The van der Waals surface area contributed by atoms with Crippen molar-refractivity contribution >= 4 is 23.3 Å². The molecule has 1 aromatic carbocycles. The van der Waals surface area contributed by atoms with Crippen LogP contribution in [-0.2, 0) is 0 Å². The summed E-state index contributed by atoms with van der Waals surface area (Å²) in [5.41, 5.74) is 1.17. The molecule has 0 aliphatic carbocycles. The highest BCUT2D eigenvalue weighted by Gasteiger charge is 2.15. The second kappa shape index (κ2) is 6.88. The number of ether oxygens (including phenoxy) is 1. The van der Waals surface area contributed by atoms with Crippen LogP contribution in [-0.4, -0.2) is 29.3 Å². The van der Waals surface area contributed by atoms with E-state index in [1.54, 1.807) is 18.9 Å². The molecule has 6 heteroatoms. The van der Waals surface area contributed by atoms with Crippen LogP contribution >= 0.6 is 23.3 Å². The topological polar surface area (TPSA) is 47.0 Å². The third-order valence-electron chi connectivity index (χ3n) is 2.75. The fourth-order valence-electron chi connectivity index (χ4n) is 1.77. The maximum atomic E-state index is 5.41. The number of hydrogen-bond acceptors (Lipinski definition) is 6. The van der Waals surface area contributed by atoms with Crippen molar-refractivity contribution in [2.45, 2.75) is 17.3 Å². The minimum absolute atomic E-state index is 0.227. The van der Waals surface area contributed by atoms with Crippen LogP contribution in [0.25, 0.3) is 0 Å². The van der Waals surface area contributed by atoms with Gasteiger partial charge in [0.2, 0.25) is 0 Å². The standard InChI is InChI=1S/C13H17N3OS2/c1-9-15-13(19-16-9)18-8-11(14-2)10-6-4-5-7-12(10)17-3/h4-7,11,14H,8H2,1-3H3. The lowest BCUT2D eigenvalue weighted by atomic mass is 10.1. The first-order valence-corrected chi connectivity index (χ1v) is 7.73. The second-order valence-electron chi connectivity index (χ2n) is 4.00. The summed E-state index contributed by atoms with van der Waals surface area (Å²) in [5.74, 6) is 2.65. The maximum absolute atomic E-state index is 5.41. The SMILES string of the molecule is CNC(CSc1nc(C)ns1)c1ccccc1OC. The molecule has 1 heterocycles. The summed E-state index contributed by atoms with van der Waals surface area (Å²) in [4.78, 5) is 4.36. The van der Waals surface area contributed by atoms with E-state index in [1.165, 1.54) is 17.1 Å². The van der Waals surface area contributed by atoms with E-state index in [1.807, 2.05) is 32.2 Å². The summed E-state index contributed by atoms with van der Waals surface area (Å²) in [6.45, 7) is 1.91. The van der Waals surface area contributed by atoms with Gasteiger partial charge in [0, 0.05) is 17.4 Å². The van der Waals surface area contributed by atoms with Crippen molar-refractivity contribution in [3.63, 3.8) is 0 Å². The van der Waals surface area contributed by atoms with E-state index in [9.17, 15) is 0 Å². The van der Waals surface area contributed by atoms with Gasteiger partial charge in [-0.05, 0) is 31.6 Å². The Kier molecular flexibility index (Phi) is 5.18. The van der Waals surface area contributed by atoms with Gasteiger partial charge in [0.05, 0.1) is 7.11 Å². The molecule has 1 aromatic heterocycles. The molecule has 1 atom stereocenters. The van der Waals surface area contributed by atoms with E-state index in [0.717, 1.165) is 21.7 Å². The Morgan fingerprint density at radius 3 is 2.84 bits per heavy atom. The molecule has 1 N–H and O–H groups in total. The lowest BCUT2D eigenvalue weighted by Crippen LogP contribution is -2.19. The molecule has 4 nitrogen and oxygen atoms in total. The third kappa shape index (κ3) is 3.68. The molecule has 0 aliphatic heterocycles. The van der Waals surface area contributed by atoms with Crippen molar-refractivity contribution < 1.29 is 4.74 Å². The molecule has 19 heavy (non-hydrogen) atoms. The van der Waals surface area contributed by atoms with Gasteiger partial charge in [0.1, 0.15) is 11.6 Å². The van der Waals surface area contributed by atoms with E-state index in [-0.39, 0.29) is 6.04 Å². The predicted octanol–water partition coefficient (Wildman–Crippen LogP) is 2.91. The van der Waals surface area contributed by atoms with Gasteiger partial charge < -0.3 is 10.1 Å². The van der Waals surface area contributed by atoms with Crippen LogP contribution < -0.4 is 10.1 Å². The fourth-order valence-corrected chi connectivity index (χ4v) is 3.58. The largest absolute Gasteiger partial charge is 0.496 e. The molecule has 102 valence electrons. The number of para-hydroxylation sites is 1. The molecular formula is C13H17N3OS2. The number of thioether (sulfide) groups is 1. The smallest absolute Gasteiger partial charge is 0.170 e. The maximum Gasteiger partial charge on any atom is 0.170 e. The quantitative estimate of drug-likeness (QED) is 0.830. The molecule has 0 bridgehead atoms. The average Bonchev–Trinajstić information content (AvgIpc) is 2.86. The highest BCUT2D eigenvalue weighted by atomic mass is 32.2. The molecule has 0 saturated heterocycles. The molecule has 0 saturated carbocycles. The average molecular weight is 295 g/mol. The third-order valence-corrected chi connectivity index (χ3v) is 4.76. The highest BCUT2D eigenvalue weighted by Crippen LogP contribution is 2.30. The lowest BCUT2D eigenvalue weighted by Gasteiger charge is -2.18. The first kappa shape index (κ1) is 14.3.